The molecule has 27 heavy (non-hydrogen) atoms. The molecule has 1 aromatic carbocycles. The van der Waals surface area contributed by atoms with E-state index in [0.29, 0.717) is 34.5 Å². The maximum Gasteiger partial charge on any atom is 0.350 e. The number of ether oxygens (including phenoxy) is 3. The quantitative estimate of drug-likeness (QED) is 0.361. The van der Waals surface area contributed by atoms with E-state index in [9.17, 15) is 9.59 Å². The van der Waals surface area contributed by atoms with Gasteiger partial charge in [-0.3, -0.25) is 0 Å². The van der Waals surface area contributed by atoms with Gasteiger partial charge in [-0.05, 0) is 45.0 Å². The standard InChI is InChI=1S/C18H23N3O5S/c1-4-25-16(22)13-6-8-14(9-7-13)19-10-24-11-20-18-21-12(3)15(27-18)17(23)26-5-2/h6-9,19H,4-5,10-11H2,1-3H3,(H,20,21). The van der Waals surface area contributed by atoms with Gasteiger partial charge in [-0.15, -0.1) is 0 Å². The lowest BCUT2D eigenvalue weighted by Gasteiger charge is -2.09. The van der Waals surface area contributed by atoms with Gasteiger partial charge in [-0.1, -0.05) is 11.3 Å². The Morgan fingerprint density at radius 2 is 1.63 bits per heavy atom. The van der Waals surface area contributed by atoms with E-state index in [1.807, 2.05) is 0 Å². The van der Waals surface area contributed by atoms with Crippen LogP contribution in [0.3, 0.4) is 0 Å². The second kappa shape index (κ2) is 10.5. The summed E-state index contributed by atoms with van der Waals surface area (Å²) in [5.41, 5.74) is 1.94. The molecule has 8 nitrogen and oxygen atoms in total. The third kappa shape index (κ3) is 6.22. The molecule has 0 saturated carbocycles. The summed E-state index contributed by atoms with van der Waals surface area (Å²) in [5.74, 6) is -0.708. The molecule has 0 aliphatic carbocycles. The zero-order valence-corrected chi connectivity index (χ0v) is 16.4. The van der Waals surface area contributed by atoms with Gasteiger partial charge in [0.05, 0.1) is 24.5 Å². The van der Waals surface area contributed by atoms with Crippen LogP contribution in [0, 0.1) is 6.92 Å². The first-order valence-corrected chi connectivity index (χ1v) is 9.34. The van der Waals surface area contributed by atoms with Crippen molar-refractivity contribution in [2.24, 2.45) is 0 Å². The van der Waals surface area contributed by atoms with Crippen LogP contribution >= 0.6 is 11.3 Å². The number of aromatic nitrogens is 1. The summed E-state index contributed by atoms with van der Waals surface area (Å²) in [6, 6.07) is 6.93. The first kappa shape index (κ1) is 20.7. The van der Waals surface area contributed by atoms with Gasteiger partial charge < -0.3 is 24.8 Å². The van der Waals surface area contributed by atoms with Crippen LogP contribution in [0.25, 0.3) is 0 Å². The van der Waals surface area contributed by atoms with Crippen LogP contribution in [-0.4, -0.2) is 43.6 Å². The molecule has 0 aliphatic rings. The van der Waals surface area contributed by atoms with Crippen molar-refractivity contribution in [1.29, 1.82) is 0 Å². The number of hydrogen-bond acceptors (Lipinski definition) is 9. The molecule has 0 aliphatic heterocycles. The van der Waals surface area contributed by atoms with E-state index in [2.05, 4.69) is 15.6 Å². The number of nitrogens with one attached hydrogen (secondary N) is 2. The number of hydrogen-bond donors (Lipinski definition) is 2. The topological polar surface area (TPSA) is 98.8 Å². The molecule has 2 aromatic rings. The number of carbonyl (C=O) groups excluding carboxylic acids is 2. The minimum Gasteiger partial charge on any atom is -0.462 e. The Morgan fingerprint density at radius 3 is 2.30 bits per heavy atom. The molecule has 0 spiro atoms. The number of aryl methyl sites for hydroxylation is 1. The van der Waals surface area contributed by atoms with Gasteiger partial charge in [-0.25, -0.2) is 14.6 Å². The molecule has 2 N–H and O–H groups in total. The van der Waals surface area contributed by atoms with Crippen LogP contribution in [0.5, 0.6) is 0 Å². The lowest BCUT2D eigenvalue weighted by Crippen LogP contribution is -2.12. The molecule has 0 unspecified atom stereocenters. The molecule has 0 fully saturated rings. The fraction of sp³-hybridized carbons (Fsp3) is 0.389. The Kier molecular flexibility index (Phi) is 8.02. The van der Waals surface area contributed by atoms with Crippen molar-refractivity contribution in [2.75, 3.05) is 37.3 Å². The number of thiazole rings is 1. The average molecular weight is 393 g/mol. The fourth-order valence-electron chi connectivity index (χ4n) is 2.09. The molecule has 1 heterocycles. The highest BCUT2D eigenvalue weighted by molar-refractivity contribution is 7.17. The van der Waals surface area contributed by atoms with Crippen molar-refractivity contribution < 1.29 is 23.8 Å². The number of nitrogens with zero attached hydrogens (tertiary/aromatic N) is 1. The number of rotatable bonds is 10. The van der Waals surface area contributed by atoms with Crippen LogP contribution in [0.2, 0.25) is 0 Å². The molecular weight excluding hydrogens is 370 g/mol. The largest absolute Gasteiger partial charge is 0.462 e. The van der Waals surface area contributed by atoms with Gasteiger partial charge in [-0.2, -0.15) is 0 Å². The average Bonchev–Trinajstić information content (AvgIpc) is 3.03. The predicted molar refractivity (Wildman–Crippen MR) is 103 cm³/mol. The third-order valence-electron chi connectivity index (χ3n) is 3.36. The minimum atomic E-state index is -0.366. The summed E-state index contributed by atoms with van der Waals surface area (Å²) in [4.78, 5) is 28.1. The summed E-state index contributed by atoms with van der Waals surface area (Å²) in [6.45, 7) is 6.46. The lowest BCUT2D eigenvalue weighted by molar-refractivity contribution is 0.0518. The number of carbonyl (C=O) groups is 2. The normalized spacial score (nSPS) is 10.3. The summed E-state index contributed by atoms with van der Waals surface area (Å²) in [5, 5.41) is 6.67. The van der Waals surface area contributed by atoms with Crippen molar-refractivity contribution >= 4 is 34.1 Å². The zero-order valence-electron chi connectivity index (χ0n) is 15.5. The van der Waals surface area contributed by atoms with E-state index in [1.54, 1.807) is 45.0 Å². The summed E-state index contributed by atoms with van der Waals surface area (Å²) >= 11 is 1.23. The fourth-order valence-corrected chi connectivity index (χ4v) is 2.94. The van der Waals surface area contributed by atoms with Crippen molar-refractivity contribution in [3.05, 3.63) is 40.4 Å². The maximum absolute atomic E-state index is 11.8. The number of benzene rings is 1. The van der Waals surface area contributed by atoms with E-state index in [-0.39, 0.29) is 25.4 Å². The highest BCUT2D eigenvalue weighted by atomic mass is 32.1. The second-order valence-electron chi connectivity index (χ2n) is 5.30. The van der Waals surface area contributed by atoms with Crippen molar-refractivity contribution in [3.8, 4) is 0 Å². The monoisotopic (exact) mass is 393 g/mol. The van der Waals surface area contributed by atoms with E-state index < -0.39 is 0 Å². The Morgan fingerprint density at radius 1 is 1.00 bits per heavy atom. The minimum absolute atomic E-state index is 0.225. The van der Waals surface area contributed by atoms with Crippen molar-refractivity contribution in [2.45, 2.75) is 20.8 Å². The summed E-state index contributed by atoms with van der Waals surface area (Å²) in [6.07, 6.45) is 0. The van der Waals surface area contributed by atoms with Crippen LogP contribution in [0.1, 0.15) is 39.6 Å². The first-order valence-electron chi connectivity index (χ1n) is 8.52. The molecular formula is C18H23N3O5S. The van der Waals surface area contributed by atoms with Crippen molar-refractivity contribution in [1.82, 2.24) is 4.98 Å². The van der Waals surface area contributed by atoms with Crippen LogP contribution in [-0.2, 0) is 14.2 Å². The second-order valence-corrected chi connectivity index (χ2v) is 6.30. The Bertz CT molecular complexity index is 761. The van der Waals surface area contributed by atoms with Gasteiger partial charge in [0, 0.05) is 5.69 Å². The Balaban J connectivity index is 1.72. The lowest BCUT2D eigenvalue weighted by atomic mass is 10.2. The van der Waals surface area contributed by atoms with Gasteiger partial charge in [0.25, 0.3) is 0 Å². The van der Waals surface area contributed by atoms with E-state index in [4.69, 9.17) is 14.2 Å². The number of esters is 2. The number of anilines is 2. The molecule has 0 bridgehead atoms. The molecule has 1 aromatic heterocycles. The molecule has 2 rings (SSSR count). The van der Waals surface area contributed by atoms with Crippen LogP contribution in [0.15, 0.2) is 24.3 Å². The summed E-state index contributed by atoms with van der Waals surface area (Å²) in [7, 11) is 0. The molecule has 0 saturated heterocycles. The van der Waals surface area contributed by atoms with Crippen LogP contribution < -0.4 is 10.6 Å². The molecule has 9 heteroatoms. The van der Waals surface area contributed by atoms with E-state index in [1.165, 1.54) is 11.3 Å². The highest BCUT2D eigenvalue weighted by Gasteiger charge is 2.16. The molecule has 0 amide bonds. The van der Waals surface area contributed by atoms with Crippen molar-refractivity contribution in [3.63, 3.8) is 0 Å². The first-order chi connectivity index (χ1) is 13.0. The van der Waals surface area contributed by atoms with E-state index >= 15 is 0 Å². The SMILES string of the molecule is CCOC(=O)c1ccc(NCOCNc2nc(C)c(C(=O)OCC)s2)cc1. The Hall–Kier alpha value is -2.65. The van der Waals surface area contributed by atoms with Gasteiger partial charge in [0.2, 0.25) is 0 Å². The predicted octanol–water partition coefficient (Wildman–Crippen LogP) is 3.26. The molecule has 0 atom stereocenters. The van der Waals surface area contributed by atoms with E-state index in [0.717, 1.165) is 5.69 Å². The summed E-state index contributed by atoms with van der Waals surface area (Å²) < 4.78 is 15.4. The van der Waals surface area contributed by atoms with Gasteiger partial charge in [0.1, 0.15) is 18.3 Å². The third-order valence-corrected chi connectivity index (χ3v) is 4.45. The highest BCUT2D eigenvalue weighted by Crippen LogP contribution is 2.23. The smallest absolute Gasteiger partial charge is 0.350 e. The zero-order chi connectivity index (χ0) is 19.6. The van der Waals surface area contributed by atoms with Gasteiger partial charge in [0.15, 0.2) is 5.13 Å². The maximum atomic E-state index is 11.8. The molecule has 146 valence electrons. The van der Waals surface area contributed by atoms with Crippen LogP contribution in [0.4, 0.5) is 10.8 Å². The van der Waals surface area contributed by atoms with Gasteiger partial charge >= 0.3 is 11.9 Å². The Labute approximate surface area is 161 Å². The molecule has 0 radical (unpaired) electrons.